The van der Waals surface area contributed by atoms with Crippen molar-refractivity contribution in [2.45, 2.75) is 25.8 Å². The second-order valence-electron chi connectivity index (χ2n) is 7.66. The van der Waals surface area contributed by atoms with Gasteiger partial charge in [0, 0.05) is 25.7 Å². The molecule has 3 saturated heterocycles. The fourth-order valence-electron chi connectivity index (χ4n) is 4.71. The molecular formula is C21H22NOS+. The summed E-state index contributed by atoms with van der Waals surface area (Å²) in [4.78, 5) is 12.9. The Morgan fingerprint density at radius 1 is 0.917 bits per heavy atom. The quantitative estimate of drug-likeness (QED) is 0.496. The van der Waals surface area contributed by atoms with Crippen LogP contribution in [0.1, 0.15) is 24.8 Å². The molecule has 24 heavy (non-hydrogen) atoms. The third-order valence-electron chi connectivity index (χ3n) is 6.19. The maximum atomic E-state index is 12.9. The summed E-state index contributed by atoms with van der Waals surface area (Å²) in [5.41, 5.74) is 1.53. The molecule has 1 aromatic heterocycles. The van der Waals surface area contributed by atoms with Crippen LogP contribution in [-0.4, -0.2) is 24.1 Å². The first kappa shape index (κ1) is 14.6. The van der Waals surface area contributed by atoms with E-state index in [1.165, 1.54) is 48.9 Å². The number of hydrogen-bond donors (Lipinski definition) is 0. The Hall–Kier alpha value is -1.71. The highest BCUT2D eigenvalue weighted by atomic mass is 32.1. The minimum atomic E-state index is 0.193. The first-order valence-corrected chi connectivity index (χ1v) is 9.84. The highest BCUT2D eigenvalue weighted by molar-refractivity contribution is 7.24. The van der Waals surface area contributed by atoms with E-state index in [0.717, 1.165) is 32.6 Å². The van der Waals surface area contributed by atoms with Crippen molar-refractivity contribution in [3.63, 3.8) is 0 Å². The van der Waals surface area contributed by atoms with Crippen LogP contribution in [0.15, 0.2) is 47.3 Å². The molecule has 2 bridgehead atoms. The summed E-state index contributed by atoms with van der Waals surface area (Å²) >= 11 is 1.73. The van der Waals surface area contributed by atoms with Gasteiger partial charge in [-0.2, -0.15) is 0 Å². The maximum absolute atomic E-state index is 12.9. The van der Waals surface area contributed by atoms with Gasteiger partial charge in [-0.25, -0.2) is 0 Å². The van der Waals surface area contributed by atoms with Crippen molar-refractivity contribution in [1.82, 2.24) is 0 Å². The largest absolute Gasteiger partial charge is 0.320 e. The van der Waals surface area contributed by atoms with Crippen LogP contribution < -0.4 is 5.43 Å². The van der Waals surface area contributed by atoms with E-state index in [-0.39, 0.29) is 5.43 Å². The van der Waals surface area contributed by atoms with E-state index in [0.29, 0.717) is 0 Å². The van der Waals surface area contributed by atoms with Crippen molar-refractivity contribution in [3.05, 3.63) is 58.3 Å². The molecule has 0 atom stereocenters. The maximum Gasteiger partial charge on any atom is 0.195 e. The van der Waals surface area contributed by atoms with Crippen molar-refractivity contribution >= 4 is 31.5 Å². The van der Waals surface area contributed by atoms with Gasteiger partial charge in [-0.3, -0.25) is 4.79 Å². The van der Waals surface area contributed by atoms with Crippen molar-refractivity contribution in [1.29, 1.82) is 0 Å². The summed E-state index contributed by atoms with van der Waals surface area (Å²) in [5.74, 6) is 0.989. The topological polar surface area (TPSA) is 17.1 Å². The predicted molar refractivity (Wildman–Crippen MR) is 102 cm³/mol. The molecule has 3 aliphatic rings. The van der Waals surface area contributed by atoms with E-state index in [1.54, 1.807) is 11.3 Å². The van der Waals surface area contributed by atoms with Gasteiger partial charge in [0.1, 0.15) is 6.54 Å². The molecule has 4 heterocycles. The van der Waals surface area contributed by atoms with Crippen LogP contribution >= 0.6 is 11.3 Å². The first-order chi connectivity index (χ1) is 11.7. The molecule has 122 valence electrons. The smallest absolute Gasteiger partial charge is 0.195 e. The predicted octanol–water partition coefficient (Wildman–Crippen LogP) is 4.55. The van der Waals surface area contributed by atoms with E-state index in [9.17, 15) is 4.79 Å². The van der Waals surface area contributed by atoms with Gasteiger partial charge in [-0.05, 0) is 49.4 Å². The van der Waals surface area contributed by atoms with Gasteiger partial charge in [-0.15, -0.1) is 11.3 Å². The average Bonchev–Trinajstić information content (AvgIpc) is 2.64. The normalized spacial score (nSPS) is 26.2. The van der Waals surface area contributed by atoms with Gasteiger partial charge in [0.25, 0.3) is 0 Å². The summed E-state index contributed by atoms with van der Waals surface area (Å²) in [7, 11) is 0. The second-order valence-corrected chi connectivity index (χ2v) is 8.74. The minimum Gasteiger partial charge on any atom is -0.320 e. The van der Waals surface area contributed by atoms with Crippen LogP contribution in [0.25, 0.3) is 20.2 Å². The Balaban J connectivity index is 1.59. The zero-order chi connectivity index (χ0) is 16.1. The average molecular weight is 336 g/mol. The summed E-state index contributed by atoms with van der Waals surface area (Å²) < 4.78 is 3.44. The standard InChI is InChI=1S/C21H22NOS/c23-21-17-3-1-2-4-19(17)24-20-6-5-16(13-18(20)21)14-22-10-7-15(8-11-22)9-12-22/h1-6,13,15H,7-12,14H2/q+1. The van der Waals surface area contributed by atoms with Gasteiger partial charge >= 0.3 is 0 Å². The van der Waals surface area contributed by atoms with Gasteiger partial charge in [0.05, 0.1) is 19.6 Å². The number of hydrogen-bond acceptors (Lipinski definition) is 2. The van der Waals surface area contributed by atoms with Gasteiger partial charge in [0.15, 0.2) is 5.43 Å². The van der Waals surface area contributed by atoms with Crippen molar-refractivity contribution < 1.29 is 4.48 Å². The van der Waals surface area contributed by atoms with E-state index < -0.39 is 0 Å². The summed E-state index contributed by atoms with van der Waals surface area (Å²) in [5, 5.41) is 1.76. The monoisotopic (exact) mass is 336 g/mol. The lowest BCUT2D eigenvalue weighted by Crippen LogP contribution is -2.57. The van der Waals surface area contributed by atoms with Crippen molar-refractivity contribution in [2.75, 3.05) is 19.6 Å². The molecule has 6 rings (SSSR count). The van der Waals surface area contributed by atoms with Crippen LogP contribution in [-0.2, 0) is 6.54 Å². The Morgan fingerprint density at radius 3 is 2.42 bits per heavy atom. The zero-order valence-electron chi connectivity index (χ0n) is 13.8. The summed E-state index contributed by atoms with van der Waals surface area (Å²) in [6.07, 6.45) is 4.19. The molecule has 3 aromatic rings. The highest BCUT2D eigenvalue weighted by Gasteiger charge is 2.39. The number of rotatable bonds is 2. The fraction of sp³-hybridized carbons (Fsp3) is 0.381. The molecule has 0 aliphatic carbocycles. The lowest BCUT2D eigenvalue weighted by Gasteiger charge is -2.49. The molecule has 0 radical (unpaired) electrons. The Labute approximate surface area is 145 Å². The Bertz CT molecular complexity index is 968. The number of quaternary nitrogens is 1. The fourth-order valence-corrected chi connectivity index (χ4v) is 5.76. The van der Waals surface area contributed by atoms with E-state index >= 15 is 0 Å². The molecule has 0 N–H and O–H groups in total. The molecule has 0 saturated carbocycles. The highest BCUT2D eigenvalue weighted by Crippen LogP contribution is 2.35. The molecule has 3 fully saturated rings. The third kappa shape index (κ3) is 2.30. The van der Waals surface area contributed by atoms with Crippen molar-refractivity contribution in [2.24, 2.45) is 5.92 Å². The third-order valence-corrected chi connectivity index (χ3v) is 7.35. The molecule has 2 aromatic carbocycles. The number of nitrogens with zero attached hydrogens (tertiary/aromatic N) is 1. The van der Waals surface area contributed by atoms with Crippen LogP contribution in [0.5, 0.6) is 0 Å². The van der Waals surface area contributed by atoms with Crippen LogP contribution in [0, 0.1) is 5.92 Å². The molecule has 0 amide bonds. The molecule has 3 heteroatoms. The van der Waals surface area contributed by atoms with E-state index in [2.05, 4.69) is 18.2 Å². The number of fused-ring (bicyclic) bond motifs is 5. The lowest BCUT2D eigenvalue weighted by molar-refractivity contribution is -0.955. The Kier molecular flexibility index (Phi) is 3.29. The van der Waals surface area contributed by atoms with E-state index in [4.69, 9.17) is 0 Å². The van der Waals surface area contributed by atoms with Gasteiger partial charge in [-0.1, -0.05) is 18.2 Å². The summed E-state index contributed by atoms with van der Waals surface area (Å²) in [6.45, 7) is 5.08. The summed E-state index contributed by atoms with van der Waals surface area (Å²) in [6, 6.07) is 14.6. The van der Waals surface area contributed by atoms with Crippen LogP contribution in [0.2, 0.25) is 0 Å². The second kappa shape index (κ2) is 5.40. The zero-order valence-corrected chi connectivity index (χ0v) is 14.6. The minimum absolute atomic E-state index is 0.193. The van der Waals surface area contributed by atoms with E-state index in [1.807, 2.05) is 24.3 Å². The Morgan fingerprint density at radius 2 is 1.62 bits per heavy atom. The van der Waals surface area contributed by atoms with Crippen molar-refractivity contribution in [3.8, 4) is 0 Å². The lowest BCUT2D eigenvalue weighted by atomic mass is 9.85. The molecule has 0 spiro atoms. The van der Waals surface area contributed by atoms with Gasteiger partial charge < -0.3 is 4.48 Å². The number of benzene rings is 2. The molecule has 3 aliphatic heterocycles. The first-order valence-electron chi connectivity index (χ1n) is 9.02. The van der Waals surface area contributed by atoms with Gasteiger partial charge in [0.2, 0.25) is 0 Å². The molecular weight excluding hydrogens is 314 g/mol. The van der Waals surface area contributed by atoms with Crippen LogP contribution in [0.4, 0.5) is 0 Å². The van der Waals surface area contributed by atoms with Crippen LogP contribution in [0.3, 0.4) is 0 Å². The SMILES string of the molecule is O=c1c2ccccc2sc2ccc(C[N+]34CCC(CC3)CC4)cc12. The molecule has 2 nitrogen and oxygen atoms in total. The molecule has 0 unspecified atom stereocenters. The number of piperidine rings is 3.